The van der Waals surface area contributed by atoms with Crippen LogP contribution in [0.25, 0.3) is 10.6 Å². The van der Waals surface area contributed by atoms with Gasteiger partial charge in [-0.05, 0) is 30.4 Å². The van der Waals surface area contributed by atoms with Crippen LogP contribution >= 0.6 is 11.3 Å². The number of Topliss-reactive ketones (excluding diaryl/α,β-unsaturated/α-hetero) is 1. The zero-order valence-corrected chi connectivity index (χ0v) is 22.5. The molecule has 39 heavy (non-hydrogen) atoms. The van der Waals surface area contributed by atoms with E-state index in [1.165, 1.54) is 28.7 Å². The van der Waals surface area contributed by atoms with Crippen LogP contribution in [0.5, 0.6) is 5.75 Å². The van der Waals surface area contributed by atoms with Crippen LogP contribution in [0.15, 0.2) is 59.5 Å². The molecule has 0 radical (unpaired) electrons. The van der Waals surface area contributed by atoms with E-state index in [1.807, 2.05) is 37.3 Å². The average molecular weight is 552 g/mol. The third-order valence-electron chi connectivity index (χ3n) is 6.05. The first-order chi connectivity index (χ1) is 18.7. The number of carbonyl (C=O) groups excluding carboxylic acids is 1. The molecular weight excluding hydrogens is 525 g/mol. The first-order valence-corrected chi connectivity index (χ1v) is 13.2. The van der Waals surface area contributed by atoms with Crippen molar-refractivity contribution in [3.05, 3.63) is 98.4 Å². The van der Waals surface area contributed by atoms with Crippen LogP contribution in [0.2, 0.25) is 6.82 Å². The molecule has 4 rings (SSSR count). The largest absolute Gasteiger partial charge is 0.483 e. The molecule has 2 aromatic carbocycles. The van der Waals surface area contributed by atoms with Gasteiger partial charge in [0, 0.05) is 32.2 Å². The Morgan fingerprint density at radius 1 is 1.18 bits per heavy atom. The molecule has 202 valence electrons. The number of ketones is 1. The summed E-state index contributed by atoms with van der Waals surface area (Å²) in [5.41, 5.74) is 0.588. The molecule has 0 saturated heterocycles. The first-order valence-electron chi connectivity index (χ1n) is 12.4. The molecule has 2 aromatic heterocycles. The third-order valence-corrected chi connectivity index (χ3v) is 7.00. The molecule has 0 spiro atoms. The summed E-state index contributed by atoms with van der Waals surface area (Å²) in [7, 11) is 0.563. The Morgan fingerprint density at radius 2 is 1.92 bits per heavy atom. The van der Waals surface area contributed by atoms with Crippen molar-refractivity contribution in [2.75, 3.05) is 12.0 Å². The number of benzene rings is 2. The fraction of sp³-hybridized carbons (Fsp3) is 0.259. The third kappa shape index (κ3) is 6.40. The van der Waals surface area contributed by atoms with E-state index >= 15 is 0 Å². The lowest BCUT2D eigenvalue weighted by molar-refractivity contribution is 0.0966. The minimum atomic E-state index is -1.01. The maximum atomic E-state index is 14.2. The predicted octanol–water partition coefficient (Wildman–Crippen LogP) is 4.48. The van der Waals surface area contributed by atoms with Gasteiger partial charge in [0.15, 0.2) is 22.2 Å². The second kappa shape index (κ2) is 12.3. The molecule has 0 amide bonds. The fourth-order valence-corrected chi connectivity index (χ4v) is 4.76. The van der Waals surface area contributed by atoms with E-state index in [0.29, 0.717) is 11.4 Å². The van der Waals surface area contributed by atoms with Crippen LogP contribution in [-0.2, 0) is 13.0 Å². The summed E-state index contributed by atoms with van der Waals surface area (Å²) >= 11 is 1.07. The number of pyridine rings is 1. The molecule has 1 N–H and O–H groups in total. The summed E-state index contributed by atoms with van der Waals surface area (Å²) in [6.45, 7) is 3.41. The normalized spacial score (nSPS) is 10.9. The van der Waals surface area contributed by atoms with Crippen LogP contribution in [0.4, 0.5) is 8.78 Å². The van der Waals surface area contributed by atoms with Gasteiger partial charge in [0.2, 0.25) is 5.43 Å². The first kappa shape index (κ1) is 28.1. The van der Waals surface area contributed by atoms with Crippen LogP contribution < -0.4 is 15.1 Å². The summed E-state index contributed by atoms with van der Waals surface area (Å²) in [5.74, 6) is -1.87. The van der Waals surface area contributed by atoms with Gasteiger partial charge in [0.1, 0.15) is 23.2 Å². The Bertz CT molecular complexity index is 1530. The van der Waals surface area contributed by atoms with Crippen LogP contribution in [0, 0.1) is 11.6 Å². The Morgan fingerprint density at radius 3 is 2.59 bits per heavy atom. The molecule has 0 saturated carbocycles. The summed E-state index contributed by atoms with van der Waals surface area (Å²) in [6, 6.07) is 12.5. The Labute approximate surface area is 228 Å². The molecule has 0 aliphatic carbocycles. The van der Waals surface area contributed by atoms with Crippen LogP contribution in [0.1, 0.15) is 46.4 Å². The minimum Gasteiger partial charge on any atom is -0.483 e. The number of hydrogen-bond acceptors (Lipinski definition) is 8. The van der Waals surface area contributed by atoms with Gasteiger partial charge in [-0.25, -0.2) is 8.78 Å². The van der Waals surface area contributed by atoms with Crippen molar-refractivity contribution in [2.24, 2.45) is 0 Å². The Balaban J connectivity index is 1.82. The molecule has 12 heteroatoms. The van der Waals surface area contributed by atoms with Gasteiger partial charge in [-0.15, -0.1) is 10.2 Å². The number of hydrogen-bond donors (Lipinski definition) is 1. The van der Waals surface area contributed by atoms with Gasteiger partial charge in [-0.1, -0.05) is 54.7 Å². The van der Waals surface area contributed by atoms with Gasteiger partial charge in [0.25, 0.3) is 0 Å². The van der Waals surface area contributed by atoms with Crippen molar-refractivity contribution >= 4 is 24.2 Å². The monoisotopic (exact) mass is 552 g/mol. The number of aromatic nitrogens is 3. The SMILES string of the molecule is CCCC(=O)c1c(OCc2ccccc2)c(=O)c(-c2nnc(Cc3ccc(F)cc3F)s2)cn1N(C)B(C)O. The van der Waals surface area contributed by atoms with E-state index in [1.54, 1.807) is 7.05 Å². The summed E-state index contributed by atoms with van der Waals surface area (Å²) < 4.78 is 34.9. The molecule has 4 aromatic rings. The lowest BCUT2D eigenvalue weighted by Crippen LogP contribution is -2.45. The topological polar surface area (TPSA) is 97.6 Å². The van der Waals surface area contributed by atoms with E-state index in [9.17, 15) is 23.4 Å². The second-order valence-corrected chi connectivity index (χ2v) is 10.0. The minimum absolute atomic E-state index is 0.0167. The summed E-state index contributed by atoms with van der Waals surface area (Å²) in [6.07, 6.45) is 2.19. The molecule has 8 nitrogen and oxygen atoms in total. The second-order valence-electron chi connectivity index (χ2n) is 8.96. The van der Waals surface area contributed by atoms with Crippen molar-refractivity contribution in [1.82, 2.24) is 14.9 Å². The molecule has 0 aliphatic rings. The standard InChI is InChI=1S/C27H27BF2N4O4S/c1-4-8-22(35)24-26(38-16-17-9-6-5-7-10-17)25(36)20(15-34(24)33(3)28(2)37)27-32-31-23(39-27)13-18-11-12-19(29)14-21(18)30/h5-7,9-12,14-15,37H,4,8,13,16H2,1-3H3. The van der Waals surface area contributed by atoms with Gasteiger partial charge < -0.3 is 14.7 Å². The number of ether oxygens (including phenoxy) is 1. The highest BCUT2D eigenvalue weighted by atomic mass is 32.1. The van der Waals surface area contributed by atoms with E-state index < -0.39 is 24.1 Å². The molecule has 2 heterocycles. The molecule has 0 unspecified atom stereocenters. The Hall–Kier alpha value is -3.90. The zero-order chi connectivity index (χ0) is 28.1. The van der Waals surface area contributed by atoms with Crippen molar-refractivity contribution in [2.45, 2.75) is 39.6 Å². The zero-order valence-electron chi connectivity index (χ0n) is 21.7. The molecule has 0 aliphatic heterocycles. The van der Waals surface area contributed by atoms with Gasteiger partial charge in [-0.2, -0.15) is 0 Å². The number of carbonyl (C=O) groups is 1. The number of rotatable bonds is 11. The summed E-state index contributed by atoms with van der Waals surface area (Å²) in [4.78, 5) is 28.4. The van der Waals surface area contributed by atoms with Gasteiger partial charge >= 0.3 is 7.05 Å². The fourth-order valence-electron chi connectivity index (χ4n) is 3.89. The quantitative estimate of drug-likeness (QED) is 0.217. The van der Waals surface area contributed by atoms with E-state index in [4.69, 9.17) is 4.74 Å². The van der Waals surface area contributed by atoms with Crippen LogP contribution in [-0.4, -0.2) is 39.8 Å². The molecule has 0 atom stereocenters. The maximum Gasteiger partial charge on any atom is 0.424 e. The predicted molar refractivity (Wildman–Crippen MR) is 147 cm³/mol. The van der Waals surface area contributed by atoms with E-state index in [-0.39, 0.29) is 52.8 Å². The average Bonchev–Trinajstić information content (AvgIpc) is 3.37. The van der Waals surface area contributed by atoms with Crippen molar-refractivity contribution in [1.29, 1.82) is 0 Å². The maximum absolute atomic E-state index is 14.2. The van der Waals surface area contributed by atoms with E-state index in [0.717, 1.165) is 29.0 Å². The van der Waals surface area contributed by atoms with Crippen molar-refractivity contribution in [3.63, 3.8) is 0 Å². The van der Waals surface area contributed by atoms with Crippen molar-refractivity contribution in [3.8, 4) is 16.3 Å². The van der Waals surface area contributed by atoms with E-state index in [2.05, 4.69) is 10.2 Å². The smallest absolute Gasteiger partial charge is 0.424 e. The number of halogens is 2. The summed E-state index contributed by atoms with van der Waals surface area (Å²) in [5, 5.41) is 19.2. The number of nitrogens with zero attached hydrogens (tertiary/aromatic N) is 4. The van der Waals surface area contributed by atoms with Gasteiger partial charge in [-0.3, -0.25) is 14.3 Å². The van der Waals surface area contributed by atoms with Crippen LogP contribution in [0.3, 0.4) is 0 Å². The highest BCUT2D eigenvalue weighted by molar-refractivity contribution is 7.14. The highest BCUT2D eigenvalue weighted by Crippen LogP contribution is 2.28. The lowest BCUT2D eigenvalue weighted by atomic mass is 9.88. The van der Waals surface area contributed by atoms with Crippen molar-refractivity contribution < 1.29 is 23.3 Å². The van der Waals surface area contributed by atoms with Gasteiger partial charge in [0.05, 0.1) is 5.56 Å². The lowest BCUT2D eigenvalue weighted by Gasteiger charge is -2.28. The molecular formula is C27H27BF2N4O4S. The molecule has 0 bridgehead atoms. The Kier molecular flexibility index (Phi) is 8.88. The molecule has 0 fully saturated rings. The highest BCUT2D eigenvalue weighted by Gasteiger charge is 2.28.